The van der Waals surface area contributed by atoms with Crippen molar-refractivity contribution in [2.24, 2.45) is 5.41 Å². The maximum absolute atomic E-state index is 12.2. The van der Waals surface area contributed by atoms with Gasteiger partial charge >= 0.3 is 6.09 Å². The second-order valence-electron chi connectivity index (χ2n) is 8.89. The Morgan fingerprint density at radius 2 is 1.78 bits per heavy atom. The summed E-state index contributed by atoms with van der Waals surface area (Å²) in [6.45, 7) is 9.94. The van der Waals surface area contributed by atoms with Crippen molar-refractivity contribution >= 4 is 6.09 Å². The van der Waals surface area contributed by atoms with E-state index >= 15 is 0 Å². The van der Waals surface area contributed by atoms with Crippen LogP contribution in [0.2, 0.25) is 0 Å². The van der Waals surface area contributed by atoms with Crippen LogP contribution in [0.5, 0.6) is 0 Å². The van der Waals surface area contributed by atoms with Crippen LogP contribution in [0, 0.1) is 5.41 Å². The molecule has 0 bridgehead atoms. The molecule has 2 fully saturated rings. The maximum atomic E-state index is 12.2. The molecule has 1 amide bonds. The number of ether oxygens (including phenoxy) is 1. The lowest BCUT2D eigenvalue weighted by Gasteiger charge is -2.51. The van der Waals surface area contributed by atoms with Gasteiger partial charge in [-0.15, -0.1) is 0 Å². The number of amides is 1. The van der Waals surface area contributed by atoms with Gasteiger partial charge < -0.3 is 20.1 Å². The molecule has 0 heterocycles. The number of nitrogens with zero attached hydrogens (tertiary/aromatic N) is 1. The molecule has 2 aliphatic carbocycles. The number of hydrogen-bond donors (Lipinski definition) is 2. The third kappa shape index (κ3) is 4.38. The fourth-order valence-corrected chi connectivity index (χ4v) is 3.58. The molecule has 2 unspecified atom stereocenters. The zero-order chi connectivity index (χ0) is 17.4. The van der Waals surface area contributed by atoms with E-state index in [4.69, 9.17) is 4.74 Å². The van der Waals surface area contributed by atoms with Crippen molar-refractivity contribution in [3.8, 4) is 0 Å². The molecule has 2 N–H and O–H groups in total. The lowest BCUT2D eigenvalue weighted by Crippen LogP contribution is -2.62. The van der Waals surface area contributed by atoms with E-state index in [1.165, 1.54) is 0 Å². The van der Waals surface area contributed by atoms with Crippen molar-refractivity contribution in [1.29, 1.82) is 0 Å². The SMILES string of the molecule is CN(C(=O)OC(C)(C)C)C1CCC(NC2CC(O)C2(C)C)CC1. The summed E-state index contributed by atoms with van der Waals surface area (Å²) in [6, 6.07) is 1.17. The third-order valence-electron chi connectivity index (χ3n) is 5.58. The molecular weight excluding hydrogens is 292 g/mol. The van der Waals surface area contributed by atoms with Crippen LogP contribution in [0.1, 0.15) is 66.7 Å². The van der Waals surface area contributed by atoms with E-state index < -0.39 is 5.60 Å². The highest BCUT2D eigenvalue weighted by Crippen LogP contribution is 2.41. The molecule has 0 aromatic rings. The first kappa shape index (κ1) is 18.5. The Hall–Kier alpha value is -0.810. The molecule has 0 aromatic heterocycles. The molecule has 2 aliphatic rings. The number of hydrogen-bond acceptors (Lipinski definition) is 4. The number of carbonyl (C=O) groups is 1. The summed E-state index contributed by atoms with van der Waals surface area (Å²) in [4.78, 5) is 13.9. The van der Waals surface area contributed by atoms with Gasteiger partial charge in [-0.2, -0.15) is 0 Å². The van der Waals surface area contributed by atoms with Gasteiger partial charge in [-0.1, -0.05) is 13.8 Å². The Morgan fingerprint density at radius 3 is 2.22 bits per heavy atom. The standard InChI is InChI=1S/C18H34N2O3/c1-17(2,3)23-16(22)20(6)13-9-7-12(8-10-13)19-14-11-15(21)18(14,4)5/h12-15,19,21H,7-11H2,1-6H3. The first-order valence-electron chi connectivity index (χ1n) is 8.90. The predicted octanol–water partition coefficient (Wildman–Crippen LogP) is 2.91. The van der Waals surface area contributed by atoms with Gasteiger partial charge in [0.2, 0.25) is 0 Å². The normalized spacial score (nSPS) is 33.7. The molecule has 0 aromatic carbocycles. The lowest BCUT2D eigenvalue weighted by molar-refractivity contribution is -0.0776. The van der Waals surface area contributed by atoms with Crippen molar-refractivity contribution in [1.82, 2.24) is 10.2 Å². The molecule has 0 radical (unpaired) electrons. The lowest BCUT2D eigenvalue weighted by atomic mass is 9.64. The Labute approximate surface area is 140 Å². The summed E-state index contributed by atoms with van der Waals surface area (Å²) in [5.74, 6) is 0. The number of aliphatic hydroxyl groups excluding tert-OH is 1. The molecule has 0 spiro atoms. The van der Waals surface area contributed by atoms with Gasteiger partial charge in [0.25, 0.3) is 0 Å². The Morgan fingerprint density at radius 1 is 1.22 bits per heavy atom. The van der Waals surface area contributed by atoms with Crippen LogP contribution < -0.4 is 5.32 Å². The van der Waals surface area contributed by atoms with Crippen LogP contribution in [-0.4, -0.2) is 53.0 Å². The highest BCUT2D eigenvalue weighted by molar-refractivity contribution is 5.68. The first-order valence-corrected chi connectivity index (χ1v) is 8.90. The van der Waals surface area contributed by atoms with E-state index in [0.29, 0.717) is 12.1 Å². The fraction of sp³-hybridized carbons (Fsp3) is 0.944. The zero-order valence-electron chi connectivity index (χ0n) is 15.6. The van der Waals surface area contributed by atoms with Gasteiger partial charge in [-0.3, -0.25) is 0 Å². The summed E-state index contributed by atoms with van der Waals surface area (Å²) >= 11 is 0. The molecule has 5 heteroatoms. The second-order valence-corrected chi connectivity index (χ2v) is 8.89. The number of rotatable bonds is 3. The van der Waals surface area contributed by atoms with Gasteiger partial charge in [0.05, 0.1) is 6.10 Å². The van der Waals surface area contributed by atoms with E-state index in [1.807, 2.05) is 27.8 Å². The van der Waals surface area contributed by atoms with Crippen LogP contribution in [0.4, 0.5) is 4.79 Å². The van der Waals surface area contributed by atoms with Gasteiger partial charge in [-0.25, -0.2) is 4.79 Å². The Bertz CT molecular complexity index is 422. The molecule has 23 heavy (non-hydrogen) atoms. The summed E-state index contributed by atoms with van der Waals surface area (Å²) in [6.07, 6.45) is 4.59. The van der Waals surface area contributed by atoms with E-state index in [2.05, 4.69) is 19.2 Å². The van der Waals surface area contributed by atoms with E-state index in [0.717, 1.165) is 32.1 Å². The molecule has 2 rings (SSSR count). The molecule has 5 nitrogen and oxygen atoms in total. The van der Waals surface area contributed by atoms with Crippen LogP contribution in [-0.2, 0) is 4.74 Å². The summed E-state index contributed by atoms with van der Waals surface area (Å²) in [5.41, 5.74) is -0.467. The molecular formula is C18H34N2O3. The molecule has 2 saturated carbocycles. The van der Waals surface area contributed by atoms with Crippen molar-refractivity contribution in [3.63, 3.8) is 0 Å². The van der Waals surface area contributed by atoms with E-state index in [1.54, 1.807) is 4.90 Å². The second kappa shape index (κ2) is 6.60. The quantitative estimate of drug-likeness (QED) is 0.837. The summed E-state index contributed by atoms with van der Waals surface area (Å²) < 4.78 is 5.45. The molecule has 0 saturated heterocycles. The average molecular weight is 326 g/mol. The van der Waals surface area contributed by atoms with E-state index in [-0.39, 0.29) is 23.7 Å². The van der Waals surface area contributed by atoms with Gasteiger partial charge in [0.15, 0.2) is 0 Å². The van der Waals surface area contributed by atoms with Gasteiger partial charge in [0, 0.05) is 30.6 Å². The minimum absolute atomic E-state index is 0.0237. The van der Waals surface area contributed by atoms with Crippen molar-refractivity contribution < 1.29 is 14.6 Å². The van der Waals surface area contributed by atoms with Crippen molar-refractivity contribution in [2.45, 2.75) is 96.6 Å². The smallest absolute Gasteiger partial charge is 0.410 e. The minimum Gasteiger partial charge on any atom is -0.444 e. The Balaban J connectivity index is 1.77. The van der Waals surface area contributed by atoms with Crippen LogP contribution in [0.3, 0.4) is 0 Å². The highest BCUT2D eigenvalue weighted by atomic mass is 16.6. The summed E-state index contributed by atoms with van der Waals surface area (Å²) in [5, 5.41) is 13.6. The van der Waals surface area contributed by atoms with Gasteiger partial charge in [-0.05, 0) is 52.9 Å². The molecule has 134 valence electrons. The highest BCUT2D eigenvalue weighted by Gasteiger charge is 2.47. The number of nitrogens with one attached hydrogen (secondary N) is 1. The average Bonchev–Trinajstić information content (AvgIpc) is 2.45. The van der Waals surface area contributed by atoms with Crippen LogP contribution in [0.15, 0.2) is 0 Å². The molecule has 0 aliphatic heterocycles. The maximum Gasteiger partial charge on any atom is 0.410 e. The van der Waals surface area contributed by atoms with Crippen molar-refractivity contribution in [3.05, 3.63) is 0 Å². The van der Waals surface area contributed by atoms with Crippen LogP contribution in [0.25, 0.3) is 0 Å². The number of aliphatic hydroxyl groups is 1. The van der Waals surface area contributed by atoms with Crippen molar-refractivity contribution in [2.75, 3.05) is 7.05 Å². The van der Waals surface area contributed by atoms with E-state index in [9.17, 15) is 9.90 Å². The minimum atomic E-state index is -0.444. The monoisotopic (exact) mass is 326 g/mol. The number of carbonyl (C=O) groups excluding carboxylic acids is 1. The third-order valence-corrected chi connectivity index (χ3v) is 5.58. The zero-order valence-corrected chi connectivity index (χ0v) is 15.6. The van der Waals surface area contributed by atoms with Crippen LogP contribution >= 0.6 is 0 Å². The topological polar surface area (TPSA) is 61.8 Å². The fourth-order valence-electron chi connectivity index (χ4n) is 3.58. The predicted molar refractivity (Wildman–Crippen MR) is 91.4 cm³/mol. The molecule has 2 atom stereocenters. The Kier molecular flexibility index (Phi) is 5.31. The van der Waals surface area contributed by atoms with Gasteiger partial charge in [0.1, 0.15) is 5.60 Å². The first-order chi connectivity index (χ1) is 10.5. The summed E-state index contributed by atoms with van der Waals surface area (Å²) in [7, 11) is 1.85. The largest absolute Gasteiger partial charge is 0.444 e.